The zero-order valence-corrected chi connectivity index (χ0v) is 13.3. The van der Waals surface area contributed by atoms with Crippen LogP contribution in [0, 0.1) is 11.6 Å². The van der Waals surface area contributed by atoms with Gasteiger partial charge in [-0.25, -0.2) is 13.8 Å². The highest BCUT2D eigenvalue weighted by Gasteiger charge is 2.13. The SMILES string of the molecule is CCc1nc(SCC(=O)Nc2c(F)cc(F)cc2Br)n[nH]1. The van der Waals surface area contributed by atoms with Crippen molar-refractivity contribution in [1.29, 1.82) is 0 Å². The maximum absolute atomic E-state index is 13.6. The highest BCUT2D eigenvalue weighted by Crippen LogP contribution is 2.27. The van der Waals surface area contributed by atoms with Crippen molar-refractivity contribution in [1.82, 2.24) is 15.2 Å². The Morgan fingerprint density at radius 2 is 2.24 bits per heavy atom. The molecule has 21 heavy (non-hydrogen) atoms. The lowest BCUT2D eigenvalue weighted by Gasteiger charge is -2.08. The van der Waals surface area contributed by atoms with Crippen molar-refractivity contribution >= 4 is 39.3 Å². The predicted octanol–water partition coefficient (Wildman–Crippen LogP) is 3.14. The van der Waals surface area contributed by atoms with Crippen LogP contribution in [0.3, 0.4) is 0 Å². The quantitative estimate of drug-likeness (QED) is 0.786. The van der Waals surface area contributed by atoms with Gasteiger partial charge in [0.05, 0.1) is 11.4 Å². The van der Waals surface area contributed by atoms with Crippen LogP contribution in [0.5, 0.6) is 0 Å². The van der Waals surface area contributed by atoms with Gasteiger partial charge in [0.2, 0.25) is 11.1 Å². The van der Waals surface area contributed by atoms with E-state index in [1.807, 2.05) is 6.92 Å². The summed E-state index contributed by atoms with van der Waals surface area (Å²) in [6, 6.07) is 1.78. The zero-order chi connectivity index (χ0) is 15.4. The number of halogens is 3. The fourth-order valence-electron chi connectivity index (χ4n) is 1.47. The molecule has 1 aromatic heterocycles. The minimum absolute atomic E-state index is 0.0181. The second-order valence-corrected chi connectivity index (χ2v) is 5.80. The Morgan fingerprint density at radius 1 is 1.48 bits per heavy atom. The van der Waals surface area contributed by atoms with E-state index in [1.54, 1.807) is 0 Å². The van der Waals surface area contributed by atoms with E-state index in [4.69, 9.17) is 0 Å². The van der Waals surface area contributed by atoms with Crippen molar-refractivity contribution in [2.24, 2.45) is 0 Å². The van der Waals surface area contributed by atoms with E-state index in [9.17, 15) is 13.6 Å². The van der Waals surface area contributed by atoms with Crippen LogP contribution in [0.15, 0.2) is 21.8 Å². The summed E-state index contributed by atoms with van der Waals surface area (Å²) >= 11 is 4.13. The second-order valence-electron chi connectivity index (χ2n) is 4.00. The summed E-state index contributed by atoms with van der Waals surface area (Å²) in [5.74, 6) is -1.25. The minimum Gasteiger partial charge on any atom is -0.322 e. The third-order valence-corrected chi connectivity index (χ3v) is 3.92. The van der Waals surface area contributed by atoms with Crippen LogP contribution in [0.2, 0.25) is 0 Å². The molecule has 0 aliphatic heterocycles. The number of carbonyl (C=O) groups is 1. The van der Waals surface area contributed by atoms with Gasteiger partial charge in [-0.3, -0.25) is 9.89 Å². The molecular weight excluding hydrogens is 366 g/mol. The molecular formula is C12H11BrF2N4OS. The van der Waals surface area contributed by atoms with E-state index in [0.717, 1.165) is 23.7 Å². The fourth-order valence-corrected chi connectivity index (χ4v) is 2.59. The number of H-pyrrole nitrogens is 1. The number of thioether (sulfide) groups is 1. The van der Waals surface area contributed by atoms with E-state index in [1.165, 1.54) is 0 Å². The van der Waals surface area contributed by atoms with Gasteiger partial charge in [0, 0.05) is 17.0 Å². The number of benzene rings is 1. The normalized spacial score (nSPS) is 10.7. The van der Waals surface area contributed by atoms with Gasteiger partial charge in [-0.2, -0.15) is 0 Å². The van der Waals surface area contributed by atoms with Gasteiger partial charge in [0.25, 0.3) is 0 Å². The molecule has 2 rings (SSSR count). The molecule has 0 saturated carbocycles. The van der Waals surface area contributed by atoms with Crippen LogP contribution < -0.4 is 5.32 Å². The molecule has 9 heteroatoms. The summed E-state index contributed by atoms with van der Waals surface area (Å²) in [5, 5.41) is 9.48. The van der Waals surface area contributed by atoms with Crippen LogP contribution in [-0.4, -0.2) is 26.8 Å². The van der Waals surface area contributed by atoms with E-state index < -0.39 is 17.5 Å². The maximum Gasteiger partial charge on any atom is 0.234 e. The third-order valence-electron chi connectivity index (χ3n) is 2.45. The molecule has 112 valence electrons. The van der Waals surface area contributed by atoms with Crippen LogP contribution in [0.4, 0.5) is 14.5 Å². The summed E-state index contributed by atoms with van der Waals surface area (Å²) in [5.41, 5.74) is -0.0914. The molecule has 2 N–H and O–H groups in total. The smallest absolute Gasteiger partial charge is 0.234 e. The van der Waals surface area contributed by atoms with Gasteiger partial charge in [0.15, 0.2) is 5.82 Å². The number of hydrogen-bond donors (Lipinski definition) is 2. The van der Waals surface area contributed by atoms with Gasteiger partial charge in [-0.15, -0.1) is 5.10 Å². The van der Waals surface area contributed by atoms with Crippen LogP contribution >= 0.6 is 27.7 Å². The lowest BCUT2D eigenvalue weighted by atomic mass is 10.3. The molecule has 1 aromatic carbocycles. The van der Waals surface area contributed by atoms with Crippen molar-refractivity contribution in [3.63, 3.8) is 0 Å². The first-order chi connectivity index (χ1) is 9.99. The zero-order valence-electron chi connectivity index (χ0n) is 10.9. The molecule has 1 amide bonds. The number of rotatable bonds is 5. The Balaban J connectivity index is 1.96. The van der Waals surface area contributed by atoms with E-state index in [0.29, 0.717) is 17.6 Å². The average molecular weight is 377 g/mol. The molecule has 1 heterocycles. The molecule has 0 atom stereocenters. The van der Waals surface area contributed by atoms with Crippen molar-refractivity contribution < 1.29 is 13.6 Å². The molecule has 0 saturated heterocycles. The van der Waals surface area contributed by atoms with Crippen molar-refractivity contribution in [3.05, 3.63) is 34.1 Å². The van der Waals surface area contributed by atoms with E-state index in [2.05, 4.69) is 36.4 Å². The molecule has 0 unspecified atom stereocenters. The Kier molecular flexibility index (Phi) is 5.29. The Bertz CT molecular complexity index is 641. The van der Waals surface area contributed by atoms with Crippen LogP contribution in [0.1, 0.15) is 12.7 Å². The Morgan fingerprint density at radius 3 is 2.86 bits per heavy atom. The standard InChI is InChI=1S/C12H11BrF2N4OS/c1-2-9-16-12(19-18-9)21-5-10(20)17-11-7(13)3-6(14)4-8(11)15/h3-4H,2,5H2,1H3,(H,17,20)(H,16,18,19). The first kappa shape index (κ1) is 15.9. The number of aryl methyl sites for hydroxylation is 1. The Hall–Kier alpha value is -1.48. The van der Waals surface area contributed by atoms with Gasteiger partial charge in [-0.1, -0.05) is 18.7 Å². The molecule has 0 aliphatic carbocycles. The summed E-state index contributed by atoms with van der Waals surface area (Å²) in [6.07, 6.45) is 0.716. The molecule has 0 fully saturated rings. The number of hydrogen-bond acceptors (Lipinski definition) is 4. The van der Waals surface area contributed by atoms with Crippen LogP contribution in [-0.2, 0) is 11.2 Å². The summed E-state index contributed by atoms with van der Waals surface area (Å²) in [6.45, 7) is 1.93. The van der Waals surface area contributed by atoms with Gasteiger partial charge >= 0.3 is 0 Å². The molecule has 0 aliphatic rings. The van der Waals surface area contributed by atoms with Crippen molar-refractivity contribution in [2.45, 2.75) is 18.5 Å². The monoisotopic (exact) mass is 376 g/mol. The molecule has 5 nitrogen and oxygen atoms in total. The second kappa shape index (κ2) is 6.99. The van der Waals surface area contributed by atoms with Gasteiger partial charge in [0.1, 0.15) is 11.6 Å². The predicted molar refractivity (Wildman–Crippen MR) is 79.2 cm³/mol. The Labute approximate surface area is 132 Å². The number of carbonyl (C=O) groups excluding carboxylic acids is 1. The van der Waals surface area contributed by atoms with E-state index in [-0.39, 0.29) is 15.9 Å². The highest BCUT2D eigenvalue weighted by molar-refractivity contribution is 9.10. The number of nitrogens with zero attached hydrogens (tertiary/aromatic N) is 2. The van der Waals surface area contributed by atoms with Crippen molar-refractivity contribution in [3.8, 4) is 0 Å². The number of aromatic amines is 1. The summed E-state index contributed by atoms with van der Waals surface area (Å²) in [4.78, 5) is 15.9. The van der Waals surface area contributed by atoms with Crippen LogP contribution in [0.25, 0.3) is 0 Å². The maximum atomic E-state index is 13.6. The first-order valence-electron chi connectivity index (χ1n) is 5.98. The van der Waals surface area contributed by atoms with Gasteiger partial charge in [-0.05, 0) is 22.0 Å². The minimum atomic E-state index is -0.841. The topological polar surface area (TPSA) is 70.7 Å². The summed E-state index contributed by atoms with van der Waals surface area (Å²) in [7, 11) is 0. The van der Waals surface area contributed by atoms with E-state index >= 15 is 0 Å². The fraction of sp³-hybridized carbons (Fsp3) is 0.250. The average Bonchev–Trinajstić information content (AvgIpc) is 2.88. The van der Waals surface area contributed by atoms with Gasteiger partial charge < -0.3 is 5.32 Å². The summed E-state index contributed by atoms with van der Waals surface area (Å²) < 4.78 is 26.7. The molecule has 0 spiro atoms. The molecule has 2 aromatic rings. The first-order valence-corrected chi connectivity index (χ1v) is 7.76. The highest BCUT2D eigenvalue weighted by atomic mass is 79.9. The lowest BCUT2D eigenvalue weighted by molar-refractivity contribution is -0.113. The largest absolute Gasteiger partial charge is 0.322 e. The number of amides is 1. The molecule has 0 radical (unpaired) electrons. The number of anilines is 1. The number of nitrogens with one attached hydrogen (secondary N) is 2. The molecule has 0 bridgehead atoms. The third kappa shape index (κ3) is 4.24. The lowest BCUT2D eigenvalue weighted by Crippen LogP contribution is -2.15. The van der Waals surface area contributed by atoms with Crippen molar-refractivity contribution in [2.75, 3.05) is 11.1 Å². The number of aromatic nitrogens is 3.